The van der Waals surface area contributed by atoms with Crippen LogP contribution in [0.1, 0.15) is 25.3 Å². The van der Waals surface area contributed by atoms with Gasteiger partial charge in [0.1, 0.15) is 5.82 Å². The van der Waals surface area contributed by atoms with Gasteiger partial charge in [0.25, 0.3) is 0 Å². The predicted molar refractivity (Wildman–Crippen MR) is 73.8 cm³/mol. The highest BCUT2D eigenvalue weighted by molar-refractivity contribution is 5.77. The molecule has 1 aliphatic heterocycles. The lowest BCUT2D eigenvalue weighted by Gasteiger charge is -2.36. The second-order valence-corrected chi connectivity index (χ2v) is 5.15. The monoisotopic (exact) mass is 263 g/mol. The van der Waals surface area contributed by atoms with Crippen LogP contribution in [0.5, 0.6) is 0 Å². The molecule has 1 saturated heterocycles. The number of piperidine rings is 1. The minimum absolute atomic E-state index is 0.0369. The molecule has 19 heavy (non-hydrogen) atoms. The van der Waals surface area contributed by atoms with Crippen molar-refractivity contribution in [3.8, 4) is 0 Å². The zero-order chi connectivity index (χ0) is 13.8. The van der Waals surface area contributed by atoms with Gasteiger partial charge in [-0.25, -0.2) is 10.8 Å². The third-order valence-corrected chi connectivity index (χ3v) is 3.77. The molecule has 1 aromatic rings. The number of anilines is 1. The number of hydrogen-bond donors (Lipinski definition) is 3. The molecular weight excluding hydrogens is 242 g/mol. The Kier molecular flexibility index (Phi) is 4.34. The van der Waals surface area contributed by atoms with E-state index in [9.17, 15) is 4.79 Å². The average Bonchev–Trinajstić information content (AvgIpc) is 2.41. The summed E-state index contributed by atoms with van der Waals surface area (Å²) < 4.78 is 0. The summed E-state index contributed by atoms with van der Waals surface area (Å²) in [5, 5.41) is 0. The van der Waals surface area contributed by atoms with Crippen molar-refractivity contribution in [2.45, 2.75) is 32.4 Å². The quantitative estimate of drug-likeness (QED) is 0.541. The van der Waals surface area contributed by atoms with E-state index in [1.165, 1.54) is 0 Å². The number of nitrogens with one attached hydrogen (secondary N) is 1. The number of carbonyl (C=O) groups is 1. The molecule has 1 aromatic heterocycles. The Bertz CT molecular complexity index is 450. The molecule has 6 nitrogen and oxygen atoms in total. The van der Waals surface area contributed by atoms with Gasteiger partial charge < -0.3 is 11.2 Å². The summed E-state index contributed by atoms with van der Waals surface area (Å²) in [6, 6.07) is 4.33. The molecule has 6 heteroatoms. The van der Waals surface area contributed by atoms with E-state index in [1.807, 2.05) is 12.1 Å². The summed E-state index contributed by atoms with van der Waals surface area (Å²) in [5.74, 6) is 5.77. The number of carbonyl (C=O) groups excluding carboxylic acids is 1. The van der Waals surface area contributed by atoms with Crippen LogP contribution >= 0.6 is 0 Å². The molecule has 5 N–H and O–H groups in total. The van der Waals surface area contributed by atoms with Gasteiger partial charge in [-0.2, -0.15) is 0 Å². The normalized spacial score (nSPS) is 24.1. The number of hydrogen-bond acceptors (Lipinski definition) is 5. The van der Waals surface area contributed by atoms with E-state index in [4.69, 9.17) is 11.6 Å². The second-order valence-electron chi connectivity index (χ2n) is 5.15. The van der Waals surface area contributed by atoms with Crippen molar-refractivity contribution in [3.63, 3.8) is 0 Å². The molecule has 0 radical (unpaired) electrons. The van der Waals surface area contributed by atoms with Crippen molar-refractivity contribution in [3.05, 3.63) is 23.9 Å². The number of nitrogens with zero attached hydrogens (tertiary/aromatic N) is 2. The highest BCUT2D eigenvalue weighted by Gasteiger charge is 2.28. The van der Waals surface area contributed by atoms with Gasteiger partial charge in [-0.15, -0.1) is 0 Å². The average molecular weight is 263 g/mol. The van der Waals surface area contributed by atoms with Gasteiger partial charge in [0, 0.05) is 25.3 Å². The number of primary amides is 1. The number of nitrogens with two attached hydrogens (primary N) is 2. The highest BCUT2D eigenvalue weighted by atomic mass is 16.1. The third kappa shape index (κ3) is 3.42. The van der Waals surface area contributed by atoms with Crippen LogP contribution in [0.2, 0.25) is 0 Å². The molecule has 2 heterocycles. The first-order valence-corrected chi connectivity index (χ1v) is 6.55. The van der Waals surface area contributed by atoms with Crippen LogP contribution < -0.4 is 17.0 Å². The second kappa shape index (κ2) is 5.99. The lowest BCUT2D eigenvalue weighted by atomic mass is 9.92. The van der Waals surface area contributed by atoms with Crippen molar-refractivity contribution in [1.29, 1.82) is 0 Å². The molecule has 0 aliphatic carbocycles. The zero-order valence-electron chi connectivity index (χ0n) is 11.2. The van der Waals surface area contributed by atoms with Crippen LogP contribution in [0.3, 0.4) is 0 Å². The molecule has 2 unspecified atom stereocenters. The molecule has 1 fully saturated rings. The fraction of sp³-hybridized carbons (Fsp3) is 0.538. The highest BCUT2D eigenvalue weighted by Crippen LogP contribution is 2.23. The summed E-state index contributed by atoms with van der Waals surface area (Å²) in [6.07, 6.45) is 3.62. The molecular formula is C13H21N5O. The minimum Gasteiger partial charge on any atom is -0.369 e. The zero-order valence-corrected chi connectivity index (χ0v) is 11.2. The maximum atomic E-state index is 11.3. The van der Waals surface area contributed by atoms with Crippen LogP contribution in [0.25, 0.3) is 0 Å². The number of likely N-dealkylation sites (tertiary alicyclic amines) is 1. The van der Waals surface area contributed by atoms with Gasteiger partial charge in [0.2, 0.25) is 5.91 Å². The van der Waals surface area contributed by atoms with E-state index in [-0.39, 0.29) is 11.8 Å². The largest absolute Gasteiger partial charge is 0.369 e. The molecule has 1 amide bonds. The predicted octanol–water partition coefficient (Wildman–Crippen LogP) is 0.453. The summed E-state index contributed by atoms with van der Waals surface area (Å²) in [7, 11) is 0. The fourth-order valence-corrected chi connectivity index (χ4v) is 2.52. The van der Waals surface area contributed by atoms with Gasteiger partial charge in [0.05, 0.1) is 5.92 Å². The fourth-order valence-electron chi connectivity index (χ4n) is 2.52. The summed E-state index contributed by atoms with van der Waals surface area (Å²) in [4.78, 5) is 17.7. The number of hydrazine groups is 1. The molecule has 1 aliphatic rings. The number of pyridine rings is 1. The lowest BCUT2D eigenvalue weighted by Crippen LogP contribution is -2.45. The van der Waals surface area contributed by atoms with Crippen molar-refractivity contribution in [1.82, 2.24) is 9.88 Å². The maximum Gasteiger partial charge on any atom is 0.221 e. The van der Waals surface area contributed by atoms with E-state index >= 15 is 0 Å². The molecule has 104 valence electrons. The van der Waals surface area contributed by atoms with E-state index in [2.05, 4.69) is 22.2 Å². The van der Waals surface area contributed by atoms with Crippen LogP contribution in [0.4, 0.5) is 5.82 Å². The van der Waals surface area contributed by atoms with Gasteiger partial charge in [0.15, 0.2) is 0 Å². The van der Waals surface area contributed by atoms with E-state index in [0.717, 1.165) is 31.5 Å². The molecule has 0 spiro atoms. The van der Waals surface area contributed by atoms with Crippen molar-refractivity contribution in [2.24, 2.45) is 17.5 Å². The molecule has 0 aromatic carbocycles. The van der Waals surface area contributed by atoms with Crippen LogP contribution in [0, 0.1) is 5.92 Å². The van der Waals surface area contributed by atoms with E-state index in [0.29, 0.717) is 11.9 Å². The Labute approximate surface area is 113 Å². The standard InChI is InChI=1S/C13H21N5O/c1-9-2-3-11(13(14)19)8-18(9)7-10-4-5-16-12(6-10)17-15/h4-6,9,11H,2-3,7-8,15H2,1H3,(H2,14,19)(H,16,17). The molecule has 2 rings (SSSR count). The van der Waals surface area contributed by atoms with Crippen LogP contribution in [-0.4, -0.2) is 28.4 Å². The minimum atomic E-state index is -0.198. The Hall–Kier alpha value is -1.66. The van der Waals surface area contributed by atoms with Crippen molar-refractivity contribution < 1.29 is 4.79 Å². The smallest absolute Gasteiger partial charge is 0.221 e. The van der Waals surface area contributed by atoms with E-state index < -0.39 is 0 Å². The molecule has 0 bridgehead atoms. The van der Waals surface area contributed by atoms with Gasteiger partial charge in [-0.3, -0.25) is 9.69 Å². The first kappa shape index (κ1) is 13.8. The van der Waals surface area contributed by atoms with Crippen LogP contribution in [-0.2, 0) is 11.3 Å². The van der Waals surface area contributed by atoms with Crippen LogP contribution in [0.15, 0.2) is 18.3 Å². The number of amides is 1. The topological polar surface area (TPSA) is 97.3 Å². The SMILES string of the molecule is CC1CCC(C(N)=O)CN1Cc1ccnc(NN)c1. The van der Waals surface area contributed by atoms with Crippen molar-refractivity contribution >= 4 is 11.7 Å². The number of nitrogen functional groups attached to an aromatic ring is 1. The number of aromatic nitrogens is 1. The first-order chi connectivity index (χ1) is 9.10. The lowest BCUT2D eigenvalue weighted by molar-refractivity contribution is -0.124. The Morgan fingerprint density at radius 3 is 3.05 bits per heavy atom. The van der Waals surface area contributed by atoms with E-state index in [1.54, 1.807) is 6.20 Å². The summed E-state index contributed by atoms with van der Waals surface area (Å²) in [6.45, 7) is 3.69. The first-order valence-electron chi connectivity index (χ1n) is 6.55. The Morgan fingerprint density at radius 2 is 2.37 bits per heavy atom. The molecule has 2 atom stereocenters. The molecule has 0 saturated carbocycles. The summed E-state index contributed by atoms with van der Waals surface area (Å²) >= 11 is 0. The van der Waals surface area contributed by atoms with Gasteiger partial charge >= 0.3 is 0 Å². The number of rotatable bonds is 4. The van der Waals surface area contributed by atoms with Crippen molar-refractivity contribution in [2.75, 3.05) is 12.0 Å². The Balaban J connectivity index is 2.05. The van der Waals surface area contributed by atoms with Gasteiger partial charge in [-0.05, 0) is 37.5 Å². The Morgan fingerprint density at radius 1 is 1.58 bits per heavy atom. The third-order valence-electron chi connectivity index (χ3n) is 3.77. The van der Waals surface area contributed by atoms with Gasteiger partial charge in [-0.1, -0.05) is 0 Å². The summed E-state index contributed by atoms with van der Waals surface area (Å²) in [5.41, 5.74) is 9.08. The maximum absolute atomic E-state index is 11.3.